The first kappa shape index (κ1) is 16.7. The molecule has 0 aromatic heterocycles. The van der Waals surface area contributed by atoms with E-state index >= 15 is 0 Å². The van der Waals surface area contributed by atoms with Crippen LogP contribution < -0.4 is 5.32 Å². The standard InChI is InChI=1S/C11H23NO4S/c1-3-4-5-6-7-8-11(13)10(12-2)9-16-17(14)15/h10,12H,3-9H2,1-2H3,(H,14,15). The third-order valence-corrected chi connectivity index (χ3v) is 2.94. The molecule has 0 radical (unpaired) electrons. The van der Waals surface area contributed by atoms with E-state index in [-0.39, 0.29) is 12.4 Å². The molecule has 0 aliphatic heterocycles. The summed E-state index contributed by atoms with van der Waals surface area (Å²) in [6.07, 6.45) is 5.98. The van der Waals surface area contributed by atoms with Crippen LogP contribution in [-0.4, -0.2) is 34.2 Å². The maximum absolute atomic E-state index is 11.7. The zero-order chi connectivity index (χ0) is 13.1. The lowest BCUT2D eigenvalue weighted by Crippen LogP contribution is -2.38. The second-order valence-corrected chi connectivity index (χ2v) is 4.64. The zero-order valence-electron chi connectivity index (χ0n) is 10.6. The summed E-state index contributed by atoms with van der Waals surface area (Å²) in [4.78, 5) is 11.7. The van der Waals surface area contributed by atoms with Crippen molar-refractivity contribution in [2.24, 2.45) is 0 Å². The minimum absolute atomic E-state index is 0.0365. The molecule has 0 heterocycles. The monoisotopic (exact) mass is 265 g/mol. The third-order valence-electron chi connectivity index (χ3n) is 2.60. The molecule has 0 rings (SSSR count). The van der Waals surface area contributed by atoms with Gasteiger partial charge in [0.2, 0.25) is 0 Å². The molecule has 0 fully saturated rings. The van der Waals surface area contributed by atoms with Gasteiger partial charge in [0, 0.05) is 6.42 Å². The molecule has 6 heteroatoms. The summed E-state index contributed by atoms with van der Waals surface area (Å²) >= 11 is -2.31. The molecule has 0 saturated carbocycles. The van der Waals surface area contributed by atoms with Crippen LogP contribution in [0.2, 0.25) is 0 Å². The first-order valence-corrected chi connectivity index (χ1v) is 7.09. The molecule has 0 aliphatic carbocycles. The van der Waals surface area contributed by atoms with Gasteiger partial charge < -0.3 is 5.32 Å². The molecule has 0 aromatic carbocycles. The number of hydrogen-bond acceptors (Lipinski definition) is 4. The van der Waals surface area contributed by atoms with Gasteiger partial charge in [-0.1, -0.05) is 32.6 Å². The van der Waals surface area contributed by atoms with Crippen LogP contribution in [0.25, 0.3) is 0 Å². The van der Waals surface area contributed by atoms with Crippen LogP contribution in [0.15, 0.2) is 0 Å². The van der Waals surface area contributed by atoms with Gasteiger partial charge in [0.05, 0.1) is 12.6 Å². The predicted octanol–water partition coefficient (Wildman–Crippen LogP) is 1.66. The lowest BCUT2D eigenvalue weighted by Gasteiger charge is -2.13. The number of carbonyl (C=O) groups is 1. The fourth-order valence-electron chi connectivity index (χ4n) is 1.54. The van der Waals surface area contributed by atoms with Crippen LogP contribution in [0.5, 0.6) is 0 Å². The molecule has 102 valence electrons. The van der Waals surface area contributed by atoms with Crippen LogP contribution in [0.1, 0.15) is 45.4 Å². The number of unbranched alkanes of at least 4 members (excludes halogenated alkanes) is 4. The molecule has 0 aromatic rings. The van der Waals surface area contributed by atoms with Crippen LogP contribution in [-0.2, 0) is 20.3 Å². The van der Waals surface area contributed by atoms with Gasteiger partial charge >= 0.3 is 11.4 Å². The average molecular weight is 265 g/mol. The largest absolute Gasteiger partial charge is 0.309 e. The second kappa shape index (κ2) is 10.8. The molecule has 2 N–H and O–H groups in total. The van der Waals surface area contributed by atoms with Gasteiger partial charge in [-0.25, -0.2) is 0 Å². The summed E-state index contributed by atoms with van der Waals surface area (Å²) in [6, 6.07) is -0.489. The summed E-state index contributed by atoms with van der Waals surface area (Å²) in [5.41, 5.74) is 0. The van der Waals surface area contributed by atoms with E-state index in [1.165, 1.54) is 12.8 Å². The Morgan fingerprint density at radius 3 is 2.53 bits per heavy atom. The first-order chi connectivity index (χ1) is 8.11. The Balaban J connectivity index is 3.72. The van der Waals surface area contributed by atoms with E-state index in [1.54, 1.807) is 7.05 Å². The van der Waals surface area contributed by atoms with E-state index in [0.29, 0.717) is 6.42 Å². The maximum Gasteiger partial charge on any atom is 0.301 e. The average Bonchev–Trinajstić information content (AvgIpc) is 2.29. The smallest absolute Gasteiger partial charge is 0.301 e. The molecular weight excluding hydrogens is 242 g/mol. The lowest BCUT2D eigenvalue weighted by molar-refractivity contribution is -0.121. The van der Waals surface area contributed by atoms with Crippen molar-refractivity contribution in [3.8, 4) is 0 Å². The molecule has 17 heavy (non-hydrogen) atoms. The fourth-order valence-corrected chi connectivity index (χ4v) is 1.79. The Hall–Kier alpha value is -0.300. The molecule has 0 amide bonds. The van der Waals surface area contributed by atoms with E-state index in [2.05, 4.69) is 16.4 Å². The van der Waals surface area contributed by atoms with Crippen molar-refractivity contribution in [3.05, 3.63) is 0 Å². The number of hydrogen-bond donors (Lipinski definition) is 2. The van der Waals surface area contributed by atoms with Crippen LogP contribution in [0.4, 0.5) is 0 Å². The summed E-state index contributed by atoms with van der Waals surface area (Å²) in [5, 5.41) is 2.79. The number of ketones is 1. The molecule has 0 bridgehead atoms. The summed E-state index contributed by atoms with van der Waals surface area (Å²) in [6.45, 7) is 2.09. The predicted molar refractivity (Wildman–Crippen MR) is 68.0 cm³/mol. The Morgan fingerprint density at radius 2 is 2.00 bits per heavy atom. The van der Waals surface area contributed by atoms with Crippen LogP contribution in [0, 0.1) is 0 Å². The molecule has 0 spiro atoms. The number of nitrogens with one attached hydrogen (secondary N) is 1. The Morgan fingerprint density at radius 1 is 1.35 bits per heavy atom. The minimum atomic E-state index is -2.31. The topological polar surface area (TPSA) is 75.6 Å². The fraction of sp³-hybridized carbons (Fsp3) is 0.909. The molecular formula is C11H23NO4S. The molecule has 0 saturated heterocycles. The normalized spacial score (nSPS) is 14.5. The van der Waals surface area contributed by atoms with Crippen molar-refractivity contribution in [1.82, 2.24) is 5.32 Å². The minimum Gasteiger partial charge on any atom is -0.309 e. The SMILES string of the molecule is CCCCCCCC(=O)C(COS(=O)O)NC. The summed E-state index contributed by atoms with van der Waals surface area (Å²) in [7, 11) is 1.64. The summed E-state index contributed by atoms with van der Waals surface area (Å²) < 4.78 is 23.3. The quantitative estimate of drug-likeness (QED) is 0.439. The van der Waals surface area contributed by atoms with E-state index in [4.69, 9.17) is 4.55 Å². The number of rotatable bonds is 11. The van der Waals surface area contributed by atoms with Gasteiger partial charge in [-0.2, -0.15) is 4.21 Å². The second-order valence-electron chi connectivity index (χ2n) is 3.97. The van der Waals surface area contributed by atoms with Crippen molar-refractivity contribution in [2.75, 3.05) is 13.7 Å². The highest BCUT2D eigenvalue weighted by molar-refractivity contribution is 7.74. The van der Waals surface area contributed by atoms with Crippen molar-refractivity contribution >= 4 is 17.1 Å². The van der Waals surface area contributed by atoms with Gasteiger partial charge in [0.1, 0.15) is 0 Å². The third kappa shape index (κ3) is 9.41. The van der Waals surface area contributed by atoms with Gasteiger partial charge in [-0.05, 0) is 13.5 Å². The van der Waals surface area contributed by atoms with Crippen LogP contribution >= 0.6 is 0 Å². The number of Topliss-reactive ketones (excluding diaryl/α,β-unsaturated/α-hetero) is 1. The summed E-state index contributed by atoms with van der Waals surface area (Å²) in [5.74, 6) is 0.0365. The Bertz CT molecular complexity index is 236. The molecule has 2 unspecified atom stereocenters. The van der Waals surface area contributed by atoms with E-state index in [9.17, 15) is 9.00 Å². The first-order valence-electron chi connectivity index (χ1n) is 6.05. The Labute approximate surface area is 106 Å². The molecule has 5 nitrogen and oxygen atoms in total. The van der Waals surface area contributed by atoms with Crippen molar-refractivity contribution in [2.45, 2.75) is 51.5 Å². The van der Waals surface area contributed by atoms with E-state index < -0.39 is 17.4 Å². The van der Waals surface area contributed by atoms with E-state index in [1.807, 2.05) is 0 Å². The molecule has 0 aliphatic rings. The van der Waals surface area contributed by atoms with Gasteiger partial charge in [-0.3, -0.25) is 13.5 Å². The van der Waals surface area contributed by atoms with Gasteiger partial charge in [-0.15, -0.1) is 0 Å². The van der Waals surface area contributed by atoms with Crippen molar-refractivity contribution < 1.29 is 17.7 Å². The highest BCUT2D eigenvalue weighted by atomic mass is 32.2. The van der Waals surface area contributed by atoms with Crippen molar-refractivity contribution in [3.63, 3.8) is 0 Å². The van der Waals surface area contributed by atoms with Gasteiger partial charge in [0.25, 0.3) is 0 Å². The maximum atomic E-state index is 11.7. The highest BCUT2D eigenvalue weighted by Crippen LogP contribution is 2.06. The molecule has 2 atom stereocenters. The van der Waals surface area contributed by atoms with E-state index in [0.717, 1.165) is 19.3 Å². The van der Waals surface area contributed by atoms with Crippen molar-refractivity contribution in [1.29, 1.82) is 0 Å². The number of likely N-dealkylation sites (N-methyl/N-ethyl adjacent to an activating group) is 1. The van der Waals surface area contributed by atoms with Crippen LogP contribution in [0.3, 0.4) is 0 Å². The Kier molecular flexibility index (Phi) is 10.6. The zero-order valence-corrected chi connectivity index (χ0v) is 11.4. The number of carbonyl (C=O) groups excluding carboxylic acids is 1. The highest BCUT2D eigenvalue weighted by Gasteiger charge is 2.16. The lowest BCUT2D eigenvalue weighted by atomic mass is 10.1. The van der Waals surface area contributed by atoms with Gasteiger partial charge in [0.15, 0.2) is 5.78 Å².